The summed E-state index contributed by atoms with van der Waals surface area (Å²) in [6.07, 6.45) is 5.76. The average Bonchev–Trinajstić information content (AvgIpc) is 2.86. The number of fused-ring (bicyclic) bond motifs is 1. The highest BCUT2D eigenvalue weighted by molar-refractivity contribution is 4.97. The fourth-order valence-electron chi connectivity index (χ4n) is 3.50. The maximum absolute atomic E-state index is 5.61. The quantitative estimate of drug-likeness (QED) is 0.735. The van der Waals surface area contributed by atoms with Crippen molar-refractivity contribution in [2.75, 3.05) is 19.7 Å². The van der Waals surface area contributed by atoms with Crippen molar-refractivity contribution < 1.29 is 4.74 Å². The largest absolute Gasteiger partial charge is 0.377 e. The van der Waals surface area contributed by atoms with Crippen LogP contribution in [0.2, 0.25) is 0 Å². The summed E-state index contributed by atoms with van der Waals surface area (Å²) >= 11 is 0. The van der Waals surface area contributed by atoms with Crippen LogP contribution in [0.25, 0.3) is 0 Å². The van der Waals surface area contributed by atoms with E-state index in [1.54, 1.807) is 0 Å². The first kappa shape index (κ1) is 10.1. The molecule has 3 heterocycles. The molecular formula is C12H22N2O. The van der Waals surface area contributed by atoms with E-state index < -0.39 is 0 Å². The smallest absolute Gasteiger partial charge is 0.0700 e. The Labute approximate surface area is 92.2 Å². The molecule has 0 aliphatic carbocycles. The minimum Gasteiger partial charge on any atom is -0.377 e. The monoisotopic (exact) mass is 210 g/mol. The van der Waals surface area contributed by atoms with Crippen LogP contribution in [0.1, 0.15) is 32.6 Å². The first-order chi connectivity index (χ1) is 7.34. The molecule has 0 bridgehead atoms. The molecule has 15 heavy (non-hydrogen) atoms. The highest BCUT2D eigenvalue weighted by Gasteiger charge is 2.39. The summed E-state index contributed by atoms with van der Waals surface area (Å²) in [6.45, 7) is 5.79. The summed E-state index contributed by atoms with van der Waals surface area (Å²) in [6, 6.07) is 2.18. The van der Waals surface area contributed by atoms with Crippen LogP contribution >= 0.6 is 0 Å². The van der Waals surface area contributed by atoms with Crippen molar-refractivity contribution in [3.63, 3.8) is 0 Å². The number of ether oxygens (including phenoxy) is 1. The van der Waals surface area contributed by atoms with Gasteiger partial charge in [0.25, 0.3) is 0 Å². The third kappa shape index (κ3) is 1.81. The van der Waals surface area contributed by atoms with Gasteiger partial charge in [0.05, 0.1) is 6.10 Å². The van der Waals surface area contributed by atoms with Gasteiger partial charge in [-0.05, 0) is 39.2 Å². The van der Waals surface area contributed by atoms with Gasteiger partial charge in [-0.3, -0.25) is 4.90 Å². The van der Waals surface area contributed by atoms with Crippen molar-refractivity contribution in [2.45, 2.75) is 56.8 Å². The van der Waals surface area contributed by atoms with Crippen molar-refractivity contribution in [3.8, 4) is 0 Å². The highest BCUT2D eigenvalue weighted by atomic mass is 16.5. The van der Waals surface area contributed by atoms with Gasteiger partial charge >= 0.3 is 0 Å². The highest BCUT2D eigenvalue weighted by Crippen LogP contribution is 2.29. The molecule has 4 atom stereocenters. The van der Waals surface area contributed by atoms with Crippen molar-refractivity contribution in [1.29, 1.82) is 0 Å². The molecule has 3 aliphatic heterocycles. The Morgan fingerprint density at radius 1 is 1.13 bits per heavy atom. The lowest BCUT2D eigenvalue weighted by atomic mass is 10.0. The molecule has 0 spiro atoms. The van der Waals surface area contributed by atoms with Gasteiger partial charge in [0.15, 0.2) is 0 Å². The summed E-state index contributed by atoms with van der Waals surface area (Å²) in [7, 11) is 0. The lowest BCUT2D eigenvalue weighted by molar-refractivity contribution is 0.109. The molecule has 0 amide bonds. The fraction of sp³-hybridized carbons (Fsp3) is 1.00. The van der Waals surface area contributed by atoms with Crippen molar-refractivity contribution in [1.82, 2.24) is 10.2 Å². The van der Waals surface area contributed by atoms with E-state index in [4.69, 9.17) is 4.74 Å². The van der Waals surface area contributed by atoms with Crippen LogP contribution in [0.5, 0.6) is 0 Å². The summed E-state index contributed by atoms with van der Waals surface area (Å²) in [5, 5.41) is 3.83. The van der Waals surface area contributed by atoms with Gasteiger partial charge in [-0.2, -0.15) is 0 Å². The normalized spacial score (nSPS) is 46.2. The molecule has 0 radical (unpaired) electrons. The molecule has 0 saturated carbocycles. The summed E-state index contributed by atoms with van der Waals surface area (Å²) in [5.74, 6) is 0. The zero-order chi connectivity index (χ0) is 10.3. The van der Waals surface area contributed by atoms with Crippen LogP contribution < -0.4 is 5.32 Å². The summed E-state index contributed by atoms with van der Waals surface area (Å²) in [4.78, 5) is 2.66. The second-order valence-electron chi connectivity index (χ2n) is 5.28. The Kier molecular flexibility index (Phi) is 2.71. The third-order valence-corrected chi connectivity index (χ3v) is 4.41. The van der Waals surface area contributed by atoms with E-state index >= 15 is 0 Å². The van der Waals surface area contributed by atoms with Gasteiger partial charge < -0.3 is 10.1 Å². The first-order valence-electron chi connectivity index (χ1n) is 6.46. The molecule has 0 aromatic rings. The van der Waals surface area contributed by atoms with Crippen LogP contribution in [0.3, 0.4) is 0 Å². The minimum absolute atomic E-state index is 0.417. The Balaban J connectivity index is 1.59. The van der Waals surface area contributed by atoms with E-state index in [1.807, 2.05) is 0 Å². The van der Waals surface area contributed by atoms with Crippen LogP contribution in [0, 0.1) is 0 Å². The SMILES string of the molecule is CC1OCCC1NC1CCN2CCCC12. The molecule has 3 fully saturated rings. The Morgan fingerprint density at radius 3 is 2.87 bits per heavy atom. The second-order valence-corrected chi connectivity index (χ2v) is 5.28. The second kappa shape index (κ2) is 4.04. The molecule has 3 rings (SSSR count). The van der Waals surface area contributed by atoms with Crippen molar-refractivity contribution in [2.24, 2.45) is 0 Å². The predicted molar refractivity (Wildman–Crippen MR) is 60.0 cm³/mol. The molecule has 86 valence electrons. The van der Waals surface area contributed by atoms with E-state index in [-0.39, 0.29) is 0 Å². The van der Waals surface area contributed by atoms with Gasteiger partial charge in [-0.25, -0.2) is 0 Å². The Morgan fingerprint density at radius 2 is 2.07 bits per heavy atom. The first-order valence-corrected chi connectivity index (χ1v) is 6.46. The van der Waals surface area contributed by atoms with Crippen LogP contribution in [-0.2, 0) is 4.74 Å². The lowest BCUT2D eigenvalue weighted by Crippen LogP contribution is -2.46. The molecular weight excluding hydrogens is 188 g/mol. The van der Waals surface area contributed by atoms with Crippen molar-refractivity contribution >= 4 is 0 Å². The van der Waals surface area contributed by atoms with Gasteiger partial charge in [0, 0.05) is 31.3 Å². The molecule has 3 heteroatoms. The summed E-state index contributed by atoms with van der Waals surface area (Å²) in [5.41, 5.74) is 0. The van der Waals surface area contributed by atoms with Gasteiger partial charge in [0.1, 0.15) is 0 Å². The molecule has 0 aromatic carbocycles. The Hall–Kier alpha value is -0.120. The molecule has 3 aliphatic rings. The minimum atomic E-state index is 0.417. The lowest BCUT2D eigenvalue weighted by Gasteiger charge is -2.26. The van der Waals surface area contributed by atoms with E-state index in [2.05, 4.69) is 17.1 Å². The number of rotatable bonds is 2. The summed E-state index contributed by atoms with van der Waals surface area (Å²) < 4.78 is 5.61. The molecule has 3 nitrogen and oxygen atoms in total. The molecule has 1 N–H and O–H groups in total. The zero-order valence-corrected chi connectivity index (χ0v) is 9.61. The zero-order valence-electron chi connectivity index (χ0n) is 9.61. The number of nitrogens with zero attached hydrogens (tertiary/aromatic N) is 1. The average molecular weight is 210 g/mol. The predicted octanol–water partition coefficient (Wildman–Crippen LogP) is 0.990. The number of nitrogens with one attached hydrogen (secondary N) is 1. The molecule has 4 unspecified atom stereocenters. The standard InChI is InChI=1S/C12H22N2O/c1-9-10(5-8-15-9)13-11-4-7-14-6-2-3-12(11)14/h9-13H,2-8H2,1H3. The van der Waals surface area contributed by atoms with Crippen LogP contribution in [0.15, 0.2) is 0 Å². The van der Waals surface area contributed by atoms with E-state index in [1.165, 1.54) is 38.8 Å². The third-order valence-electron chi connectivity index (χ3n) is 4.41. The molecule has 0 aromatic heterocycles. The number of hydrogen-bond donors (Lipinski definition) is 1. The van der Waals surface area contributed by atoms with Gasteiger partial charge in [-0.1, -0.05) is 0 Å². The van der Waals surface area contributed by atoms with Crippen LogP contribution in [-0.4, -0.2) is 48.8 Å². The Bertz CT molecular complexity index is 234. The van der Waals surface area contributed by atoms with E-state index in [9.17, 15) is 0 Å². The fourth-order valence-corrected chi connectivity index (χ4v) is 3.50. The number of hydrogen-bond acceptors (Lipinski definition) is 3. The van der Waals surface area contributed by atoms with E-state index in [0.717, 1.165) is 18.7 Å². The van der Waals surface area contributed by atoms with Gasteiger partial charge in [0.2, 0.25) is 0 Å². The van der Waals surface area contributed by atoms with Crippen LogP contribution in [0.4, 0.5) is 0 Å². The maximum Gasteiger partial charge on any atom is 0.0700 e. The van der Waals surface area contributed by atoms with Gasteiger partial charge in [-0.15, -0.1) is 0 Å². The van der Waals surface area contributed by atoms with Crippen molar-refractivity contribution in [3.05, 3.63) is 0 Å². The molecule has 3 saturated heterocycles. The maximum atomic E-state index is 5.61. The topological polar surface area (TPSA) is 24.5 Å². The van der Waals surface area contributed by atoms with E-state index in [0.29, 0.717) is 12.1 Å².